The van der Waals surface area contributed by atoms with E-state index < -0.39 is 0 Å². The van der Waals surface area contributed by atoms with Crippen molar-refractivity contribution in [2.45, 2.75) is 96.6 Å². The monoisotopic (exact) mass is 372 g/mol. The lowest BCUT2D eigenvalue weighted by Crippen LogP contribution is -2.66. The topological polar surface area (TPSA) is 23.6 Å². The summed E-state index contributed by atoms with van der Waals surface area (Å²) in [7, 11) is 0. The number of nitrogens with zero attached hydrogens (tertiary/aromatic N) is 2. The molecular formula is C24H40N2O. The Bertz CT molecular complexity index is 549. The summed E-state index contributed by atoms with van der Waals surface area (Å²) in [5, 5.41) is 0. The summed E-state index contributed by atoms with van der Waals surface area (Å²) in [5.74, 6) is 1.86. The van der Waals surface area contributed by atoms with Crippen molar-refractivity contribution in [2.24, 2.45) is 22.7 Å². The third-order valence-electron chi connectivity index (χ3n) is 9.59. The van der Waals surface area contributed by atoms with E-state index in [0.717, 1.165) is 23.4 Å². The van der Waals surface area contributed by atoms with Gasteiger partial charge in [0.05, 0.1) is 0 Å². The third kappa shape index (κ3) is 3.31. The maximum Gasteiger partial charge on any atom is 0.132 e. The van der Waals surface area contributed by atoms with E-state index in [1.807, 2.05) is 0 Å². The summed E-state index contributed by atoms with van der Waals surface area (Å²) < 4.78 is 0. The van der Waals surface area contributed by atoms with E-state index in [9.17, 15) is 4.79 Å². The molecule has 5 fully saturated rings. The number of likely N-dealkylation sites (tertiary alicyclic amines) is 2. The first-order valence-electron chi connectivity index (χ1n) is 12.0. The number of piperidine rings is 1. The fourth-order valence-electron chi connectivity index (χ4n) is 7.64. The van der Waals surface area contributed by atoms with Crippen molar-refractivity contribution in [1.29, 1.82) is 0 Å². The molecule has 3 saturated carbocycles. The summed E-state index contributed by atoms with van der Waals surface area (Å²) in [6.45, 7) is 9.66. The Hall–Kier alpha value is -0.410. The van der Waals surface area contributed by atoms with Crippen molar-refractivity contribution in [2.75, 3.05) is 26.2 Å². The third-order valence-corrected chi connectivity index (χ3v) is 9.59. The van der Waals surface area contributed by atoms with Crippen LogP contribution >= 0.6 is 0 Å². The molecule has 0 atom stereocenters. The van der Waals surface area contributed by atoms with Crippen molar-refractivity contribution in [3.05, 3.63) is 0 Å². The summed E-state index contributed by atoms with van der Waals surface area (Å²) in [6, 6.07) is 1.74. The minimum absolute atomic E-state index is 0.383. The minimum atomic E-state index is 0.383. The minimum Gasteiger partial charge on any atom is -0.300 e. The van der Waals surface area contributed by atoms with Crippen molar-refractivity contribution in [1.82, 2.24) is 9.80 Å². The normalized spacial score (nSPS) is 40.5. The van der Waals surface area contributed by atoms with Gasteiger partial charge in [0, 0.05) is 31.1 Å². The van der Waals surface area contributed by atoms with Gasteiger partial charge in [0.1, 0.15) is 5.78 Å². The molecule has 27 heavy (non-hydrogen) atoms. The molecule has 0 radical (unpaired) electrons. The maximum absolute atomic E-state index is 11.6. The highest BCUT2D eigenvalue weighted by Crippen LogP contribution is 2.56. The molecule has 0 bridgehead atoms. The van der Waals surface area contributed by atoms with E-state index in [1.54, 1.807) is 6.92 Å². The Morgan fingerprint density at radius 3 is 2.04 bits per heavy atom. The number of rotatable bonds is 4. The molecule has 3 nitrogen and oxygen atoms in total. The lowest BCUT2D eigenvalue weighted by molar-refractivity contribution is -0.128. The molecule has 0 amide bonds. The van der Waals surface area contributed by atoms with Gasteiger partial charge in [-0.1, -0.05) is 13.3 Å². The zero-order chi connectivity index (χ0) is 18.6. The first-order chi connectivity index (χ1) is 13.0. The van der Waals surface area contributed by atoms with Gasteiger partial charge in [-0.3, -0.25) is 9.69 Å². The largest absolute Gasteiger partial charge is 0.300 e. The van der Waals surface area contributed by atoms with E-state index in [2.05, 4.69) is 16.7 Å². The van der Waals surface area contributed by atoms with Crippen molar-refractivity contribution in [3.8, 4) is 0 Å². The molecular weight excluding hydrogens is 332 g/mol. The van der Waals surface area contributed by atoms with Gasteiger partial charge >= 0.3 is 0 Å². The van der Waals surface area contributed by atoms with E-state index in [-0.39, 0.29) is 0 Å². The molecule has 0 N–H and O–H groups in total. The molecule has 2 saturated heterocycles. The SMILES string of the molecule is CCC1CC2(C1)CN(C1CCN(C3CC4(CCC(C(C)=O)CC4)C3)CC1)C2. The van der Waals surface area contributed by atoms with Crippen LogP contribution in [0.2, 0.25) is 0 Å². The van der Waals surface area contributed by atoms with Crippen LogP contribution in [0.25, 0.3) is 0 Å². The van der Waals surface area contributed by atoms with Gasteiger partial charge < -0.3 is 4.90 Å². The molecule has 2 aliphatic heterocycles. The van der Waals surface area contributed by atoms with Crippen LogP contribution < -0.4 is 0 Å². The second kappa shape index (κ2) is 6.83. The molecule has 2 spiro atoms. The molecule has 0 aromatic carbocycles. The Labute approximate surface area is 166 Å². The summed E-state index contributed by atoms with van der Waals surface area (Å²) in [5.41, 5.74) is 1.38. The van der Waals surface area contributed by atoms with Crippen molar-refractivity contribution >= 4 is 5.78 Å². The second-order valence-corrected chi connectivity index (χ2v) is 11.3. The first-order valence-corrected chi connectivity index (χ1v) is 12.0. The first kappa shape index (κ1) is 18.6. The highest BCUT2D eigenvalue weighted by atomic mass is 16.1. The van der Waals surface area contributed by atoms with Gasteiger partial charge in [0.15, 0.2) is 0 Å². The molecule has 0 aromatic heterocycles. The predicted octanol–water partition coefficient (Wildman–Crippen LogP) is 4.50. The smallest absolute Gasteiger partial charge is 0.132 e. The number of carbonyl (C=O) groups is 1. The number of ketones is 1. The number of hydrogen-bond acceptors (Lipinski definition) is 3. The van der Waals surface area contributed by atoms with Gasteiger partial charge in [0.2, 0.25) is 0 Å². The fraction of sp³-hybridized carbons (Fsp3) is 0.958. The molecule has 152 valence electrons. The molecule has 2 heterocycles. The van der Waals surface area contributed by atoms with E-state index in [1.165, 1.54) is 96.8 Å². The lowest BCUT2D eigenvalue weighted by Gasteiger charge is -2.62. The van der Waals surface area contributed by atoms with Crippen LogP contribution in [-0.4, -0.2) is 53.8 Å². The van der Waals surface area contributed by atoms with Crippen LogP contribution in [0.1, 0.15) is 84.5 Å². The van der Waals surface area contributed by atoms with Crippen molar-refractivity contribution < 1.29 is 4.79 Å². The van der Waals surface area contributed by atoms with Crippen LogP contribution in [0.4, 0.5) is 0 Å². The highest BCUT2D eigenvalue weighted by Gasteiger charge is 2.53. The van der Waals surface area contributed by atoms with Crippen LogP contribution in [-0.2, 0) is 4.79 Å². The Kier molecular flexibility index (Phi) is 4.71. The Balaban J connectivity index is 1.03. The van der Waals surface area contributed by atoms with Gasteiger partial charge in [-0.15, -0.1) is 0 Å². The molecule has 3 heteroatoms. The number of carbonyl (C=O) groups excluding carboxylic acids is 1. The van der Waals surface area contributed by atoms with Crippen LogP contribution in [0.3, 0.4) is 0 Å². The van der Waals surface area contributed by atoms with Gasteiger partial charge in [-0.2, -0.15) is 0 Å². The summed E-state index contributed by atoms with van der Waals surface area (Å²) in [4.78, 5) is 17.3. The standard InChI is InChI=1S/C24H40N2O/c1-3-19-12-24(13-19)16-26(17-24)21-6-10-25(11-7-21)22-14-23(15-22)8-4-20(5-9-23)18(2)27/h19-22H,3-17H2,1-2H3. The van der Waals surface area contributed by atoms with E-state index >= 15 is 0 Å². The molecule has 5 aliphatic rings. The lowest BCUT2D eigenvalue weighted by atomic mass is 9.56. The van der Waals surface area contributed by atoms with Crippen LogP contribution in [0, 0.1) is 22.7 Å². The Morgan fingerprint density at radius 2 is 1.48 bits per heavy atom. The molecule has 5 rings (SSSR count). The zero-order valence-electron chi connectivity index (χ0n) is 17.7. The van der Waals surface area contributed by atoms with E-state index in [0.29, 0.717) is 17.1 Å². The maximum atomic E-state index is 11.6. The zero-order valence-corrected chi connectivity index (χ0v) is 17.7. The van der Waals surface area contributed by atoms with Gasteiger partial charge in [-0.25, -0.2) is 0 Å². The highest BCUT2D eigenvalue weighted by molar-refractivity contribution is 5.78. The average Bonchev–Trinajstić information content (AvgIpc) is 2.58. The molecule has 3 aliphatic carbocycles. The summed E-state index contributed by atoms with van der Waals surface area (Å²) >= 11 is 0. The number of hydrogen-bond donors (Lipinski definition) is 0. The summed E-state index contributed by atoms with van der Waals surface area (Å²) in [6.07, 6.45) is 15.1. The quantitative estimate of drug-likeness (QED) is 0.726. The van der Waals surface area contributed by atoms with Crippen LogP contribution in [0.15, 0.2) is 0 Å². The molecule has 0 unspecified atom stereocenters. The van der Waals surface area contributed by atoms with Gasteiger partial charge in [0.25, 0.3) is 0 Å². The second-order valence-electron chi connectivity index (χ2n) is 11.3. The fourth-order valence-corrected chi connectivity index (χ4v) is 7.64. The predicted molar refractivity (Wildman–Crippen MR) is 110 cm³/mol. The van der Waals surface area contributed by atoms with E-state index in [4.69, 9.17) is 0 Å². The Morgan fingerprint density at radius 1 is 0.852 bits per heavy atom. The average molecular weight is 373 g/mol. The van der Waals surface area contributed by atoms with Crippen molar-refractivity contribution in [3.63, 3.8) is 0 Å². The molecule has 0 aromatic rings. The van der Waals surface area contributed by atoms with Gasteiger partial charge in [-0.05, 0) is 101 Å². The number of Topliss-reactive ketones (excluding diaryl/α,β-unsaturated/α-hetero) is 1. The van der Waals surface area contributed by atoms with Crippen LogP contribution in [0.5, 0.6) is 0 Å².